The van der Waals surface area contributed by atoms with Gasteiger partial charge in [0.25, 0.3) is 0 Å². The van der Waals surface area contributed by atoms with Crippen LogP contribution in [0.3, 0.4) is 0 Å². The standard InChI is InChI=1S/C20H10F8N6/c1-19-5-10(11-12(21)14(23)16(25)15(24)13(11)22)33-34(19)18(30)32-17(19)31-8-3-2-7(6-29)9(4-8)20(26,27)28/h2-4H,5H2,1H3,(H2,30,31,32). The zero-order valence-electron chi connectivity index (χ0n) is 16.8. The minimum absolute atomic E-state index is 0.231. The summed E-state index contributed by atoms with van der Waals surface area (Å²) in [5, 5.41) is 13.7. The number of nitrogens with two attached hydrogens (primary N) is 1. The molecule has 2 heterocycles. The molecule has 0 radical (unpaired) electrons. The van der Waals surface area contributed by atoms with Crippen LogP contribution in [0.1, 0.15) is 30.0 Å². The molecule has 0 saturated heterocycles. The molecule has 176 valence electrons. The van der Waals surface area contributed by atoms with Gasteiger partial charge in [-0.2, -0.15) is 28.5 Å². The highest BCUT2D eigenvalue weighted by molar-refractivity contribution is 6.15. The van der Waals surface area contributed by atoms with E-state index in [1.807, 2.05) is 0 Å². The van der Waals surface area contributed by atoms with E-state index in [-0.39, 0.29) is 17.5 Å². The lowest BCUT2D eigenvalue weighted by molar-refractivity contribution is -0.137. The third kappa shape index (κ3) is 3.35. The van der Waals surface area contributed by atoms with Crippen molar-refractivity contribution >= 4 is 23.2 Å². The molecule has 0 amide bonds. The van der Waals surface area contributed by atoms with Gasteiger partial charge in [0.15, 0.2) is 29.1 Å². The number of rotatable bonds is 2. The molecule has 0 spiro atoms. The Labute approximate surface area is 185 Å². The predicted octanol–water partition coefficient (Wildman–Crippen LogP) is 4.50. The van der Waals surface area contributed by atoms with E-state index in [4.69, 9.17) is 11.0 Å². The van der Waals surface area contributed by atoms with Crippen LogP contribution >= 0.6 is 0 Å². The fourth-order valence-electron chi connectivity index (χ4n) is 3.62. The molecular formula is C20H10F8N6. The summed E-state index contributed by atoms with van der Waals surface area (Å²) < 4.78 is 109. The smallest absolute Gasteiger partial charge is 0.368 e. The van der Waals surface area contributed by atoms with E-state index in [1.54, 1.807) is 0 Å². The average molecular weight is 486 g/mol. The van der Waals surface area contributed by atoms with Gasteiger partial charge in [-0.25, -0.2) is 32.0 Å². The van der Waals surface area contributed by atoms with Gasteiger partial charge in [0.05, 0.1) is 34.2 Å². The van der Waals surface area contributed by atoms with Crippen molar-refractivity contribution in [1.29, 1.82) is 5.26 Å². The lowest BCUT2D eigenvalue weighted by Gasteiger charge is -2.25. The highest BCUT2D eigenvalue weighted by atomic mass is 19.4. The van der Waals surface area contributed by atoms with Crippen LogP contribution in [0.4, 0.5) is 40.8 Å². The van der Waals surface area contributed by atoms with Gasteiger partial charge in [-0.05, 0) is 25.1 Å². The van der Waals surface area contributed by atoms with Gasteiger partial charge in [-0.1, -0.05) is 0 Å². The second kappa shape index (κ2) is 7.51. The molecule has 0 aromatic heterocycles. The Morgan fingerprint density at radius 2 is 1.65 bits per heavy atom. The Bertz CT molecular complexity index is 1340. The summed E-state index contributed by atoms with van der Waals surface area (Å²) in [6, 6.07) is 4.03. The number of alkyl halides is 3. The largest absolute Gasteiger partial charge is 0.417 e. The first-order valence-corrected chi connectivity index (χ1v) is 9.23. The zero-order valence-corrected chi connectivity index (χ0v) is 16.8. The number of hydrazone groups is 1. The Kier molecular flexibility index (Phi) is 5.11. The van der Waals surface area contributed by atoms with Crippen molar-refractivity contribution in [3.63, 3.8) is 0 Å². The molecule has 2 aliphatic rings. The van der Waals surface area contributed by atoms with Gasteiger partial charge in [-0.15, -0.1) is 0 Å². The molecule has 2 N–H and O–H groups in total. The van der Waals surface area contributed by atoms with E-state index >= 15 is 0 Å². The summed E-state index contributed by atoms with van der Waals surface area (Å²) in [5.41, 5.74) is 0.264. The minimum atomic E-state index is -4.86. The molecule has 4 rings (SSSR count). The molecular weight excluding hydrogens is 476 g/mol. The highest BCUT2D eigenvalue weighted by Crippen LogP contribution is 2.39. The predicted molar refractivity (Wildman–Crippen MR) is 103 cm³/mol. The van der Waals surface area contributed by atoms with Crippen LogP contribution in [0, 0.1) is 40.4 Å². The number of guanidine groups is 1. The number of benzene rings is 2. The first-order chi connectivity index (χ1) is 15.8. The summed E-state index contributed by atoms with van der Waals surface area (Å²) in [5.74, 6) is -11.5. The maximum absolute atomic E-state index is 14.3. The molecule has 0 bridgehead atoms. The van der Waals surface area contributed by atoms with E-state index in [0.717, 1.165) is 17.1 Å². The molecule has 2 aromatic carbocycles. The average Bonchev–Trinajstić information content (AvgIpc) is 3.23. The maximum atomic E-state index is 14.3. The van der Waals surface area contributed by atoms with Gasteiger partial charge >= 0.3 is 6.18 Å². The van der Waals surface area contributed by atoms with Crippen molar-refractivity contribution in [2.75, 3.05) is 0 Å². The molecule has 2 aromatic rings. The number of fused-ring (bicyclic) bond motifs is 1. The van der Waals surface area contributed by atoms with Crippen LogP contribution in [-0.4, -0.2) is 28.1 Å². The number of nitrogens with zero attached hydrogens (tertiary/aromatic N) is 5. The van der Waals surface area contributed by atoms with Gasteiger partial charge in [0.1, 0.15) is 5.54 Å². The Hall–Kier alpha value is -4.02. The number of nitriles is 1. The van der Waals surface area contributed by atoms with Crippen molar-refractivity contribution < 1.29 is 35.1 Å². The lowest BCUT2D eigenvalue weighted by atomic mass is 9.91. The van der Waals surface area contributed by atoms with Crippen molar-refractivity contribution in [1.82, 2.24) is 5.01 Å². The van der Waals surface area contributed by atoms with Gasteiger partial charge in [0, 0.05) is 6.42 Å². The summed E-state index contributed by atoms with van der Waals surface area (Å²) >= 11 is 0. The minimum Gasteiger partial charge on any atom is -0.368 e. The van der Waals surface area contributed by atoms with Crippen LogP contribution in [0.5, 0.6) is 0 Å². The fourth-order valence-corrected chi connectivity index (χ4v) is 3.62. The molecule has 6 nitrogen and oxygen atoms in total. The van der Waals surface area contributed by atoms with Crippen molar-refractivity contribution in [2.45, 2.75) is 25.1 Å². The first-order valence-electron chi connectivity index (χ1n) is 9.23. The van der Waals surface area contributed by atoms with Crippen LogP contribution < -0.4 is 5.73 Å². The van der Waals surface area contributed by atoms with Crippen molar-refractivity contribution in [3.8, 4) is 6.07 Å². The number of halogens is 8. The van der Waals surface area contributed by atoms with Crippen LogP contribution in [0.25, 0.3) is 0 Å². The monoisotopic (exact) mass is 486 g/mol. The molecule has 0 aliphatic carbocycles. The summed E-state index contributed by atoms with van der Waals surface area (Å²) in [7, 11) is 0. The summed E-state index contributed by atoms with van der Waals surface area (Å²) in [6.45, 7) is 1.37. The van der Waals surface area contributed by atoms with Gasteiger partial charge in [-0.3, -0.25) is 0 Å². The maximum Gasteiger partial charge on any atom is 0.417 e. The molecule has 0 fully saturated rings. The molecule has 0 saturated carbocycles. The van der Waals surface area contributed by atoms with Crippen LogP contribution in [-0.2, 0) is 6.18 Å². The van der Waals surface area contributed by atoms with E-state index < -0.39 is 69.6 Å². The Morgan fingerprint density at radius 3 is 2.21 bits per heavy atom. The zero-order chi connectivity index (χ0) is 25.2. The van der Waals surface area contributed by atoms with E-state index in [9.17, 15) is 35.1 Å². The SMILES string of the molecule is CC12CC(c3c(F)c(F)c(F)c(F)c3F)=NN1C(N)=N/C2=N\c1ccc(C#N)c(C(F)(F)F)c1. The second-order valence-electron chi connectivity index (χ2n) is 7.50. The third-order valence-electron chi connectivity index (χ3n) is 5.28. The molecule has 2 aliphatic heterocycles. The van der Waals surface area contributed by atoms with Gasteiger partial charge in [0.2, 0.25) is 11.8 Å². The van der Waals surface area contributed by atoms with E-state index in [1.165, 1.54) is 13.0 Å². The highest BCUT2D eigenvalue weighted by Gasteiger charge is 2.51. The van der Waals surface area contributed by atoms with Crippen LogP contribution in [0.2, 0.25) is 0 Å². The van der Waals surface area contributed by atoms with Gasteiger partial charge < -0.3 is 5.73 Å². The molecule has 1 unspecified atom stereocenters. The number of hydrogen-bond acceptors (Lipinski definition) is 5. The topological polar surface area (TPSA) is 90.1 Å². The first kappa shape index (κ1) is 23.1. The number of aliphatic imine (C=N–C) groups is 2. The third-order valence-corrected chi connectivity index (χ3v) is 5.28. The summed E-state index contributed by atoms with van der Waals surface area (Å²) in [6.07, 6.45) is -5.35. The fraction of sp³-hybridized carbons (Fsp3) is 0.200. The molecule has 34 heavy (non-hydrogen) atoms. The normalized spacial score (nSPS) is 20.9. The molecule has 14 heteroatoms. The van der Waals surface area contributed by atoms with E-state index in [0.29, 0.717) is 6.07 Å². The molecule has 1 atom stereocenters. The number of amidine groups is 1. The van der Waals surface area contributed by atoms with Crippen LogP contribution in [0.15, 0.2) is 33.3 Å². The van der Waals surface area contributed by atoms with E-state index in [2.05, 4.69) is 15.1 Å². The second-order valence-corrected chi connectivity index (χ2v) is 7.50. The van der Waals surface area contributed by atoms with Crippen molar-refractivity contribution in [2.24, 2.45) is 20.8 Å². The Morgan fingerprint density at radius 1 is 1.06 bits per heavy atom. The number of hydrogen-bond donors (Lipinski definition) is 1. The lowest BCUT2D eigenvalue weighted by Crippen LogP contribution is -2.45. The summed E-state index contributed by atoms with van der Waals surface area (Å²) in [4.78, 5) is 7.94. The quantitative estimate of drug-likeness (QED) is 0.385. The Balaban J connectivity index is 1.79. The van der Waals surface area contributed by atoms with Crippen molar-refractivity contribution in [3.05, 3.63) is 64.0 Å².